The number of benzene rings is 1. The monoisotopic (exact) mass is 217 g/mol. The molecule has 0 atom stereocenters. The lowest BCUT2D eigenvalue weighted by Crippen LogP contribution is -2.15. The molecule has 0 unspecified atom stereocenters. The van der Waals surface area contributed by atoms with Gasteiger partial charge in [0.2, 0.25) is 0 Å². The van der Waals surface area contributed by atoms with E-state index in [4.69, 9.17) is 5.26 Å². The molecule has 0 spiro atoms. The van der Waals surface area contributed by atoms with Gasteiger partial charge in [-0.1, -0.05) is 11.2 Å². The second-order valence-electron chi connectivity index (χ2n) is 3.16. The summed E-state index contributed by atoms with van der Waals surface area (Å²) in [4.78, 5) is 1.33. The Morgan fingerprint density at radius 1 is 1.44 bits per heavy atom. The molecule has 1 aromatic carbocycles. The summed E-state index contributed by atoms with van der Waals surface area (Å²) in [5.41, 5.74) is 1.11. The molecule has 4 nitrogen and oxygen atoms in total. The Labute approximate surface area is 91.5 Å². The third-order valence-corrected chi connectivity index (χ3v) is 2.05. The molecule has 1 aromatic heterocycles. The van der Waals surface area contributed by atoms with Crippen molar-refractivity contribution in [2.45, 2.75) is 6.54 Å². The Morgan fingerprint density at radius 2 is 2.31 bits per heavy atom. The summed E-state index contributed by atoms with van der Waals surface area (Å²) in [6, 6.07) is 7.49. The first-order chi connectivity index (χ1) is 7.79. The standard InChI is InChI=1S/C11H8FN3O/c12-9-2-1-3-11(6-9)15(8-13)7-10-4-5-16-14-10/h1-6H,7H2. The largest absolute Gasteiger partial charge is 0.364 e. The SMILES string of the molecule is N#CN(Cc1ccon1)c1cccc(F)c1. The van der Waals surface area contributed by atoms with Gasteiger partial charge in [-0.15, -0.1) is 0 Å². The number of hydrogen-bond donors (Lipinski definition) is 0. The second-order valence-corrected chi connectivity index (χ2v) is 3.16. The smallest absolute Gasteiger partial charge is 0.184 e. The highest BCUT2D eigenvalue weighted by atomic mass is 19.1. The predicted molar refractivity (Wildman–Crippen MR) is 54.7 cm³/mol. The van der Waals surface area contributed by atoms with Crippen molar-refractivity contribution in [3.8, 4) is 6.19 Å². The summed E-state index contributed by atoms with van der Waals surface area (Å²) in [5, 5.41) is 12.7. The number of aromatic nitrogens is 1. The van der Waals surface area contributed by atoms with Crippen LogP contribution in [0.25, 0.3) is 0 Å². The van der Waals surface area contributed by atoms with Gasteiger partial charge in [0.15, 0.2) is 6.19 Å². The van der Waals surface area contributed by atoms with Crippen LogP contribution in [0.2, 0.25) is 0 Å². The van der Waals surface area contributed by atoms with Crippen LogP contribution in [0.5, 0.6) is 0 Å². The number of nitrogens with zero attached hydrogens (tertiary/aromatic N) is 3. The maximum Gasteiger partial charge on any atom is 0.184 e. The molecule has 0 saturated carbocycles. The van der Waals surface area contributed by atoms with Crippen LogP contribution in [0, 0.1) is 17.3 Å². The molecule has 0 saturated heterocycles. The Morgan fingerprint density at radius 3 is 2.94 bits per heavy atom. The van der Waals surface area contributed by atoms with Crippen molar-refractivity contribution >= 4 is 5.69 Å². The maximum absolute atomic E-state index is 13.0. The van der Waals surface area contributed by atoms with E-state index in [9.17, 15) is 4.39 Å². The molecule has 0 aliphatic rings. The molecule has 5 heteroatoms. The summed E-state index contributed by atoms with van der Waals surface area (Å²) < 4.78 is 17.6. The van der Waals surface area contributed by atoms with Gasteiger partial charge in [0.25, 0.3) is 0 Å². The molecule has 0 aliphatic heterocycles. The van der Waals surface area contributed by atoms with Gasteiger partial charge in [0.1, 0.15) is 17.8 Å². The molecule has 0 amide bonds. The molecule has 80 valence electrons. The normalized spacial score (nSPS) is 9.75. The molecular formula is C11H8FN3O. The van der Waals surface area contributed by atoms with Gasteiger partial charge in [-0.05, 0) is 18.2 Å². The first kappa shape index (κ1) is 10.2. The average Bonchev–Trinajstić information content (AvgIpc) is 2.78. The minimum absolute atomic E-state index is 0.260. The quantitative estimate of drug-likeness (QED) is 0.584. The zero-order chi connectivity index (χ0) is 11.4. The molecule has 1 heterocycles. The Kier molecular flexibility index (Phi) is 2.83. The zero-order valence-corrected chi connectivity index (χ0v) is 8.30. The molecule has 0 fully saturated rings. The highest BCUT2D eigenvalue weighted by Crippen LogP contribution is 2.16. The van der Waals surface area contributed by atoms with Crippen LogP contribution < -0.4 is 4.90 Å². The number of nitriles is 1. The van der Waals surface area contributed by atoms with E-state index in [0.29, 0.717) is 11.4 Å². The highest BCUT2D eigenvalue weighted by Gasteiger charge is 2.08. The fraction of sp³-hybridized carbons (Fsp3) is 0.0909. The first-order valence-corrected chi connectivity index (χ1v) is 4.61. The first-order valence-electron chi connectivity index (χ1n) is 4.61. The highest BCUT2D eigenvalue weighted by molar-refractivity contribution is 5.50. The van der Waals surface area contributed by atoms with Crippen LogP contribution in [0.1, 0.15) is 5.69 Å². The van der Waals surface area contributed by atoms with E-state index in [0.717, 1.165) is 0 Å². The Balaban J connectivity index is 2.21. The summed E-state index contributed by atoms with van der Waals surface area (Å²) in [6.07, 6.45) is 3.40. The van der Waals surface area contributed by atoms with E-state index in [1.165, 1.54) is 23.3 Å². The van der Waals surface area contributed by atoms with Crippen molar-refractivity contribution in [3.05, 3.63) is 48.1 Å². The van der Waals surface area contributed by atoms with Crippen molar-refractivity contribution in [2.24, 2.45) is 0 Å². The lowest BCUT2D eigenvalue weighted by molar-refractivity contribution is 0.412. The van der Waals surface area contributed by atoms with E-state index in [-0.39, 0.29) is 12.4 Å². The van der Waals surface area contributed by atoms with E-state index in [2.05, 4.69) is 9.68 Å². The van der Waals surface area contributed by atoms with Crippen molar-refractivity contribution in [2.75, 3.05) is 4.90 Å². The summed E-state index contributed by atoms with van der Waals surface area (Å²) in [7, 11) is 0. The van der Waals surface area contributed by atoms with Crippen LogP contribution in [0.15, 0.2) is 41.1 Å². The fourth-order valence-corrected chi connectivity index (χ4v) is 1.31. The van der Waals surface area contributed by atoms with Crippen LogP contribution >= 0.6 is 0 Å². The Bertz CT molecular complexity index is 504. The van der Waals surface area contributed by atoms with E-state index < -0.39 is 0 Å². The topological polar surface area (TPSA) is 53.1 Å². The predicted octanol–water partition coefficient (Wildman–Crippen LogP) is 2.30. The van der Waals surface area contributed by atoms with Crippen molar-refractivity contribution < 1.29 is 8.91 Å². The van der Waals surface area contributed by atoms with Crippen LogP contribution in [-0.4, -0.2) is 5.16 Å². The van der Waals surface area contributed by atoms with Gasteiger partial charge in [0, 0.05) is 6.07 Å². The van der Waals surface area contributed by atoms with Crippen LogP contribution in [0.4, 0.5) is 10.1 Å². The van der Waals surface area contributed by atoms with Gasteiger partial charge in [-0.3, -0.25) is 4.90 Å². The minimum atomic E-state index is -0.377. The molecule has 16 heavy (non-hydrogen) atoms. The lowest BCUT2D eigenvalue weighted by Gasteiger charge is -2.13. The van der Waals surface area contributed by atoms with E-state index in [1.54, 1.807) is 18.2 Å². The van der Waals surface area contributed by atoms with Gasteiger partial charge in [-0.2, -0.15) is 5.26 Å². The molecule has 0 aliphatic carbocycles. The fourth-order valence-electron chi connectivity index (χ4n) is 1.31. The van der Waals surface area contributed by atoms with Crippen molar-refractivity contribution in [3.63, 3.8) is 0 Å². The van der Waals surface area contributed by atoms with Gasteiger partial charge in [-0.25, -0.2) is 4.39 Å². The number of hydrogen-bond acceptors (Lipinski definition) is 4. The summed E-state index contributed by atoms with van der Waals surface area (Å²) >= 11 is 0. The number of halogens is 1. The molecule has 2 rings (SSSR count). The third-order valence-electron chi connectivity index (χ3n) is 2.05. The number of rotatable bonds is 3. The van der Waals surface area contributed by atoms with E-state index >= 15 is 0 Å². The van der Waals surface area contributed by atoms with Crippen molar-refractivity contribution in [1.29, 1.82) is 5.26 Å². The molecule has 0 N–H and O–H groups in total. The van der Waals surface area contributed by atoms with Crippen LogP contribution in [-0.2, 0) is 6.54 Å². The van der Waals surface area contributed by atoms with Gasteiger partial charge < -0.3 is 4.52 Å². The summed E-state index contributed by atoms with van der Waals surface area (Å²) in [6.45, 7) is 0.260. The van der Waals surface area contributed by atoms with Crippen LogP contribution in [0.3, 0.4) is 0 Å². The molecule has 2 aromatic rings. The molecule has 0 radical (unpaired) electrons. The second kappa shape index (κ2) is 4.45. The Hall–Kier alpha value is -2.35. The molecule has 0 bridgehead atoms. The summed E-state index contributed by atoms with van der Waals surface area (Å²) in [5.74, 6) is -0.377. The van der Waals surface area contributed by atoms with Gasteiger partial charge >= 0.3 is 0 Å². The van der Waals surface area contributed by atoms with Crippen molar-refractivity contribution in [1.82, 2.24) is 5.16 Å². The number of anilines is 1. The minimum Gasteiger partial charge on any atom is -0.364 e. The maximum atomic E-state index is 13.0. The average molecular weight is 217 g/mol. The lowest BCUT2D eigenvalue weighted by atomic mass is 10.2. The molecular weight excluding hydrogens is 209 g/mol. The third kappa shape index (κ3) is 2.17. The van der Waals surface area contributed by atoms with Gasteiger partial charge in [0.05, 0.1) is 12.2 Å². The van der Waals surface area contributed by atoms with E-state index in [1.807, 2.05) is 6.19 Å². The zero-order valence-electron chi connectivity index (χ0n) is 8.30.